The van der Waals surface area contributed by atoms with Gasteiger partial charge in [0.25, 0.3) is 5.69 Å². The molecule has 0 spiro atoms. The Morgan fingerprint density at radius 2 is 2.21 bits per heavy atom. The summed E-state index contributed by atoms with van der Waals surface area (Å²) in [6, 6.07) is 6.40. The number of rotatable bonds is 6. The molecule has 0 amide bonds. The van der Waals surface area contributed by atoms with Gasteiger partial charge in [0, 0.05) is 31.1 Å². The zero-order chi connectivity index (χ0) is 13.7. The van der Waals surface area contributed by atoms with E-state index in [1.54, 1.807) is 18.2 Å². The average molecular weight is 263 g/mol. The Balaban J connectivity index is 1.89. The van der Waals surface area contributed by atoms with E-state index in [1.165, 1.54) is 6.07 Å². The van der Waals surface area contributed by atoms with Crippen LogP contribution in [0.25, 0.3) is 0 Å². The summed E-state index contributed by atoms with van der Waals surface area (Å²) < 4.78 is 5.46. The fourth-order valence-electron chi connectivity index (χ4n) is 2.33. The van der Waals surface area contributed by atoms with Gasteiger partial charge < -0.3 is 4.74 Å². The van der Waals surface area contributed by atoms with Crippen LogP contribution in [0.1, 0.15) is 31.2 Å². The topological polar surface area (TPSA) is 69.4 Å². The Kier molecular flexibility index (Phi) is 4.63. The molecule has 1 saturated heterocycles. The number of Topliss-reactive ketones (excluding diaryl/α,β-unsaturated/α-hetero) is 1. The lowest BCUT2D eigenvalue weighted by Crippen LogP contribution is -2.11. The van der Waals surface area contributed by atoms with Crippen molar-refractivity contribution in [3.8, 4) is 0 Å². The number of hydrogen-bond donors (Lipinski definition) is 0. The Labute approximate surface area is 111 Å². The molecule has 0 radical (unpaired) electrons. The van der Waals surface area contributed by atoms with Crippen LogP contribution in [-0.2, 0) is 16.0 Å². The van der Waals surface area contributed by atoms with Crippen molar-refractivity contribution in [2.75, 3.05) is 6.61 Å². The van der Waals surface area contributed by atoms with Crippen molar-refractivity contribution in [1.29, 1.82) is 0 Å². The molecule has 1 aromatic rings. The summed E-state index contributed by atoms with van der Waals surface area (Å²) in [5, 5.41) is 10.8. The van der Waals surface area contributed by atoms with E-state index in [0.717, 1.165) is 25.9 Å². The van der Waals surface area contributed by atoms with Crippen LogP contribution in [0.5, 0.6) is 0 Å². The second-order valence-corrected chi connectivity index (χ2v) is 4.77. The number of nitro benzene ring substituents is 1. The highest BCUT2D eigenvalue weighted by Crippen LogP contribution is 2.21. The quantitative estimate of drug-likeness (QED) is 0.584. The Hall–Kier alpha value is -1.75. The summed E-state index contributed by atoms with van der Waals surface area (Å²) in [6.45, 7) is 0.781. The summed E-state index contributed by atoms with van der Waals surface area (Å²) in [6.07, 6.45) is 3.54. The van der Waals surface area contributed by atoms with Gasteiger partial charge in [0.1, 0.15) is 5.78 Å². The third-order valence-electron chi connectivity index (χ3n) is 3.35. The Bertz CT molecular complexity index is 466. The molecule has 5 nitrogen and oxygen atoms in total. The molecule has 19 heavy (non-hydrogen) atoms. The number of para-hydroxylation sites is 1. The van der Waals surface area contributed by atoms with Crippen LogP contribution in [0, 0.1) is 10.1 Å². The monoisotopic (exact) mass is 263 g/mol. The molecule has 2 rings (SSSR count). The molecule has 1 atom stereocenters. The fraction of sp³-hybridized carbons (Fsp3) is 0.500. The number of nitrogens with zero attached hydrogens (tertiary/aromatic N) is 1. The van der Waals surface area contributed by atoms with Crippen molar-refractivity contribution in [1.82, 2.24) is 0 Å². The molecule has 0 N–H and O–H groups in total. The maximum absolute atomic E-state index is 11.9. The molecule has 5 heteroatoms. The zero-order valence-corrected chi connectivity index (χ0v) is 10.7. The number of ketones is 1. The normalized spacial score (nSPS) is 18.4. The smallest absolute Gasteiger partial charge is 0.273 e. The Morgan fingerprint density at radius 1 is 1.42 bits per heavy atom. The highest BCUT2D eigenvalue weighted by atomic mass is 16.6. The number of hydrogen-bond acceptors (Lipinski definition) is 4. The molecular weight excluding hydrogens is 246 g/mol. The lowest BCUT2D eigenvalue weighted by atomic mass is 10.0. The number of nitro groups is 1. The fourth-order valence-corrected chi connectivity index (χ4v) is 2.33. The van der Waals surface area contributed by atoms with Crippen LogP contribution in [-0.4, -0.2) is 23.4 Å². The molecule has 1 heterocycles. The zero-order valence-electron chi connectivity index (χ0n) is 10.7. The average Bonchev–Trinajstić information content (AvgIpc) is 2.90. The van der Waals surface area contributed by atoms with E-state index < -0.39 is 4.92 Å². The first kappa shape index (κ1) is 13.7. The molecule has 0 bridgehead atoms. The number of carbonyl (C=O) groups is 1. The van der Waals surface area contributed by atoms with Gasteiger partial charge in [0.05, 0.1) is 11.0 Å². The van der Waals surface area contributed by atoms with Gasteiger partial charge >= 0.3 is 0 Å². The molecule has 1 fully saturated rings. The molecule has 1 aromatic carbocycles. The summed E-state index contributed by atoms with van der Waals surface area (Å²) in [5.41, 5.74) is 0.512. The van der Waals surface area contributed by atoms with Gasteiger partial charge in [-0.2, -0.15) is 0 Å². The molecule has 1 unspecified atom stereocenters. The number of carbonyl (C=O) groups excluding carboxylic acids is 1. The molecule has 1 aliphatic rings. The van der Waals surface area contributed by atoms with Gasteiger partial charge in [-0.3, -0.25) is 14.9 Å². The van der Waals surface area contributed by atoms with E-state index in [4.69, 9.17) is 4.74 Å². The maximum Gasteiger partial charge on any atom is 0.273 e. The number of benzene rings is 1. The SMILES string of the molecule is O=C(CCC1CCCO1)Cc1ccccc1[N+](=O)[O-]. The first-order chi connectivity index (χ1) is 9.16. The van der Waals surface area contributed by atoms with E-state index in [9.17, 15) is 14.9 Å². The van der Waals surface area contributed by atoms with Gasteiger partial charge in [-0.15, -0.1) is 0 Å². The highest BCUT2D eigenvalue weighted by molar-refractivity contribution is 5.81. The van der Waals surface area contributed by atoms with Crippen LogP contribution in [0.2, 0.25) is 0 Å². The first-order valence-electron chi connectivity index (χ1n) is 6.52. The van der Waals surface area contributed by atoms with Gasteiger partial charge in [0.2, 0.25) is 0 Å². The third-order valence-corrected chi connectivity index (χ3v) is 3.35. The molecule has 0 saturated carbocycles. The molecule has 102 valence electrons. The van der Waals surface area contributed by atoms with Crippen LogP contribution in [0.3, 0.4) is 0 Å². The van der Waals surface area contributed by atoms with Crippen molar-refractivity contribution in [3.05, 3.63) is 39.9 Å². The second-order valence-electron chi connectivity index (χ2n) is 4.77. The van der Waals surface area contributed by atoms with Crippen molar-refractivity contribution < 1.29 is 14.5 Å². The van der Waals surface area contributed by atoms with Crippen molar-refractivity contribution in [2.45, 2.75) is 38.2 Å². The summed E-state index contributed by atoms with van der Waals surface area (Å²) in [5.74, 6) is 0.0322. The molecule has 0 aromatic heterocycles. The predicted octanol–water partition coefficient (Wildman–Crippen LogP) is 2.67. The minimum atomic E-state index is -0.442. The summed E-state index contributed by atoms with van der Waals surface area (Å²) in [4.78, 5) is 22.3. The standard InChI is InChI=1S/C14H17NO4/c16-12(7-8-13-5-3-9-19-13)10-11-4-1-2-6-14(11)15(17)18/h1-2,4,6,13H,3,5,7-10H2. The van der Waals surface area contributed by atoms with Crippen LogP contribution in [0.15, 0.2) is 24.3 Å². The largest absolute Gasteiger partial charge is 0.378 e. The minimum Gasteiger partial charge on any atom is -0.378 e. The van der Waals surface area contributed by atoms with Crippen LogP contribution < -0.4 is 0 Å². The lowest BCUT2D eigenvalue weighted by Gasteiger charge is -2.08. The molecular formula is C14H17NO4. The lowest BCUT2D eigenvalue weighted by molar-refractivity contribution is -0.385. The predicted molar refractivity (Wildman–Crippen MR) is 70.0 cm³/mol. The summed E-state index contributed by atoms with van der Waals surface area (Å²) >= 11 is 0. The van der Waals surface area contributed by atoms with Gasteiger partial charge in [-0.25, -0.2) is 0 Å². The maximum atomic E-state index is 11.9. The van der Waals surface area contributed by atoms with E-state index in [1.807, 2.05) is 0 Å². The Morgan fingerprint density at radius 3 is 2.89 bits per heavy atom. The van der Waals surface area contributed by atoms with Crippen molar-refractivity contribution in [3.63, 3.8) is 0 Å². The van der Waals surface area contributed by atoms with E-state index in [0.29, 0.717) is 12.0 Å². The van der Waals surface area contributed by atoms with E-state index in [2.05, 4.69) is 0 Å². The van der Waals surface area contributed by atoms with Gasteiger partial charge in [0.15, 0.2) is 0 Å². The van der Waals surface area contributed by atoms with Crippen molar-refractivity contribution in [2.24, 2.45) is 0 Å². The van der Waals surface area contributed by atoms with E-state index >= 15 is 0 Å². The highest BCUT2D eigenvalue weighted by Gasteiger charge is 2.19. The van der Waals surface area contributed by atoms with Crippen molar-refractivity contribution >= 4 is 11.5 Å². The molecule has 0 aliphatic carbocycles. The third kappa shape index (κ3) is 3.86. The molecule has 1 aliphatic heterocycles. The van der Waals surface area contributed by atoms with Gasteiger partial charge in [-0.05, 0) is 19.3 Å². The minimum absolute atomic E-state index is 0.0213. The van der Waals surface area contributed by atoms with Crippen LogP contribution in [0.4, 0.5) is 5.69 Å². The van der Waals surface area contributed by atoms with Crippen LogP contribution >= 0.6 is 0 Å². The summed E-state index contributed by atoms with van der Waals surface area (Å²) in [7, 11) is 0. The second kappa shape index (κ2) is 6.43. The van der Waals surface area contributed by atoms with Gasteiger partial charge in [-0.1, -0.05) is 18.2 Å². The number of ether oxygens (including phenoxy) is 1. The van der Waals surface area contributed by atoms with E-state index in [-0.39, 0.29) is 24.0 Å². The first-order valence-corrected chi connectivity index (χ1v) is 6.52.